The Kier molecular flexibility index (Phi) is 6.99. The van der Waals surface area contributed by atoms with Crippen LogP contribution in [0.3, 0.4) is 0 Å². The SMILES string of the molecule is C=C(C[C@@H](Cc1ccc(-c2ccccc2)cc1)NC(=O)OC(C)(C)C)C(=O)O. The predicted octanol–water partition coefficient (Wildman–Crippen LogP) is 4.82. The van der Waals surface area contributed by atoms with Crippen molar-refractivity contribution in [3.8, 4) is 11.1 Å². The Morgan fingerprint density at radius 3 is 2.14 bits per heavy atom. The van der Waals surface area contributed by atoms with Crippen molar-refractivity contribution < 1.29 is 19.4 Å². The highest BCUT2D eigenvalue weighted by Crippen LogP contribution is 2.20. The number of carbonyl (C=O) groups excluding carboxylic acids is 1. The minimum atomic E-state index is -1.07. The van der Waals surface area contributed by atoms with Crippen LogP contribution < -0.4 is 5.32 Å². The first-order valence-corrected chi connectivity index (χ1v) is 9.19. The Labute approximate surface area is 166 Å². The minimum Gasteiger partial charge on any atom is -0.478 e. The molecular weight excluding hydrogens is 354 g/mol. The summed E-state index contributed by atoms with van der Waals surface area (Å²) in [5.41, 5.74) is 2.61. The fourth-order valence-corrected chi connectivity index (χ4v) is 2.78. The highest BCUT2D eigenvalue weighted by Gasteiger charge is 2.21. The van der Waals surface area contributed by atoms with Crippen LogP contribution in [0.25, 0.3) is 11.1 Å². The van der Waals surface area contributed by atoms with Gasteiger partial charge in [-0.05, 0) is 50.3 Å². The van der Waals surface area contributed by atoms with E-state index < -0.39 is 23.7 Å². The van der Waals surface area contributed by atoms with Gasteiger partial charge in [0.15, 0.2) is 0 Å². The second-order valence-corrected chi connectivity index (χ2v) is 7.72. The van der Waals surface area contributed by atoms with Gasteiger partial charge >= 0.3 is 12.1 Å². The zero-order chi connectivity index (χ0) is 20.7. The van der Waals surface area contributed by atoms with E-state index in [-0.39, 0.29) is 12.0 Å². The van der Waals surface area contributed by atoms with Crippen LogP contribution in [0.1, 0.15) is 32.8 Å². The standard InChI is InChI=1S/C23H27NO4/c1-16(21(25)26)14-20(24-22(27)28-23(2,3)4)15-17-10-12-19(13-11-17)18-8-6-5-7-9-18/h5-13,20H,1,14-15H2,2-4H3,(H,24,27)(H,25,26)/t20-/m0/s1. The van der Waals surface area contributed by atoms with Crippen molar-refractivity contribution in [3.05, 3.63) is 72.3 Å². The van der Waals surface area contributed by atoms with Gasteiger partial charge in [0.2, 0.25) is 0 Å². The van der Waals surface area contributed by atoms with Crippen LogP contribution in [-0.2, 0) is 16.0 Å². The zero-order valence-corrected chi connectivity index (χ0v) is 16.6. The maximum atomic E-state index is 12.1. The molecule has 0 saturated carbocycles. The van der Waals surface area contributed by atoms with Crippen LogP contribution in [0.15, 0.2) is 66.7 Å². The molecule has 0 spiro atoms. The number of rotatable bonds is 7. The maximum absolute atomic E-state index is 12.1. The number of aliphatic carboxylic acids is 1. The molecule has 0 aliphatic rings. The zero-order valence-electron chi connectivity index (χ0n) is 16.6. The normalized spacial score (nSPS) is 12.1. The number of nitrogens with one attached hydrogen (secondary N) is 1. The number of amides is 1. The Balaban J connectivity index is 2.11. The molecule has 0 aromatic heterocycles. The molecule has 0 aliphatic heterocycles. The summed E-state index contributed by atoms with van der Waals surface area (Å²) >= 11 is 0. The number of benzene rings is 2. The van der Waals surface area contributed by atoms with Crippen molar-refractivity contribution in [2.45, 2.75) is 45.3 Å². The largest absolute Gasteiger partial charge is 0.478 e. The molecule has 1 amide bonds. The average molecular weight is 381 g/mol. The molecule has 5 nitrogen and oxygen atoms in total. The summed E-state index contributed by atoms with van der Waals surface area (Å²) in [6, 6.07) is 17.6. The lowest BCUT2D eigenvalue weighted by Gasteiger charge is -2.24. The van der Waals surface area contributed by atoms with Crippen molar-refractivity contribution in [1.29, 1.82) is 0 Å². The predicted molar refractivity (Wildman–Crippen MR) is 110 cm³/mol. The summed E-state index contributed by atoms with van der Waals surface area (Å²) < 4.78 is 5.30. The van der Waals surface area contributed by atoms with Crippen molar-refractivity contribution in [1.82, 2.24) is 5.32 Å². The second kappa shape index (κ2) is 9.22. The first-order valence-electron chi connectivity index (χ1n) is 9.19. The van der Waals surface area contributed by atoms with E-state index in [0.717, 1.165) is 16.7 Å². The highest BCUT2D eigenvalue weighted by molar-refractivity contribution is 5.86. The van der Waals surface area contributed by atoms with Crippen LogP contribution in [0.5, 0.6) is 0 Å². The summed E-state index contributed by atoms with van der Waals surface area (Å²) in [5.74, 6) is -1.07. The summed E-state index contributed by atoms with van der Waals surface area (Å²) in [4.78, 5) is 23.3. The van der Waals surface area contributed by atoms with E-state index in [0.29, 0.717) is 6.42 Å². The van der Waals surface area contributed by atoms with Crippen LogP contribution in [0.2, 0.25) is 0 Å². The molecule has 0 saturated heterocycles. The van der Waals surface area contributed by atoms with Crippen LogP contribution in [0.4, 0.5) is 4.79 Å². The smallest absolute Gasteiger partial charge is 0.407 e. The van der Waals surface area contributed by atoms with E-state index in [1.165, 1.54) is 0 Å². The number of ether oxygens (including phenoxy) is 1. The molecular formula is C23H27NO4. The van der Waals surface area contributed by atoms with Crippen LogP contribution in [0, 0.1) is 0 Å². The Bertz CT molecular complexity index is 820. The van der Waals surface area contributed by atoms with Crippen LogP contribution >= 0.6 is 0 Å². The molecule has 0 heterocycles. The lowest BCUT2D eigenvalue weighted by molar-refractivity contribution is -0.132. The Hall–Kier alpha value is -3.08. The molecule has 0 bridgehead atoms. The van der Waals surface area contributed by atoms with Crippen molar-refractivity contribution in [3.63, 3.8) is 0 Å². The summed E-state index contributed by atoms with van der Waals surface area (Å²) in [6.07, 6.45) is 0.0342. The summed E-state index contributed by atoms with van der Waals surface area (Å²) in [6.45, 7) is 8.91. The lowest BCUT2D eigenvalue weighted by atomic mass is 9.97. The molecule has 0 radical (unpaired) electrons. The first-order chi connectivity index (χ1) is 13.1. The number of alkyl carbamates (subject to hydrolysis) is 1. The number of hydrogen-bond donors (Lipinski definition) is 2. The summed E-state index contributed by atoms with van der Waals surface area (Å²) in [7, 11) is 0. The number of carboxylic acids is 1. The van der Waals surface area contributed by atoms with Gasteiger partial charge in [0.25, 0.3) is 0 Å². The summed E-state index contributed by atoms with van der Waals surface area (Å²) in [5, 5.41) is 11.9. The molecule has 0 fully saturated rings. The van der Waals surface area contributed by atoms with E-state index in [1.807, 2.05) is 54.6 Å². The van der Waals surface area contributed by atoms with Gasteiger partial charge in [0.1, 0.15) is 5.60 Å². The lowest BCUT2D eigenvalue weighted by Crippen LogP contribution is -2.40. The van der Waals surface area contributed by atoms with Gasteiger partial charge in [-0.25, -0.2) is 9.59 Å². The molecule has 1 atom stereocenters. The average Bonchev–Trinajstić information content (AvgIpc) is 2.61. The molecule has 2 rings (SSSR count). The van der Waals surface area contributed by atoms with E-state index in [9.17, 15) is 9.59 Å². The third-order valence-corrected chi connectivity index (χ3v) is 4.06. The first kappa shape index (κ1) is 21.2. The van der Waals surface area contributed by atoms with Gasteiger partial charge in [-0.15, -0.1) is 0 Å². The molecule has 0 unspecified atom stereocenters. The van der Waals surface area contributed by atoms with Crippen molar-refractivity contribution >= 4 is 12.1 Å². The van der Waals surface area contributed by atoms with Gasteiger partial charge in [-0.1, -0.05) is 61.2 Å². The molecule has 2 aromatic carbocycles. The minimum absolute atomic E-state index is 0.0435. The fourth-order valence-electron chi connectivity index (χ4n) is 2.78. The molecule has 2 aromatic rings. The van der Waals surface area contributed by atoms with Gasteiger partial charge < -0.3 is 15.2 Å². The van der Waals surface area contributed by atoms with Crippen LogP contribution in [-0.4, -0.2) is 28.8 Å². The van der Waals surface area contributed by atoms with Gasteiger partial charge in [-0.2, -0.15) is 0 Å². The van der Waals surface area contributed by atoms with Gasteiger partial charge in [-0.3, -0.25) is 0 Å². The van der Waals surface area contributed by atoms with E-state index in [4.69, 9.17) is 9.84 Å². The maximum Gasteiger partial charge on any atom is 0.407 e. The molecule has 0 aliphatic carbocycles. The third-order valence-electron chi connectivity index (χ3n) is 4.06. The van der Waals surface area contributed by atoms with Gasteiger partial charge in [0, 0.05) is 11.6 Å². The fraction of sp³-hybridized carbons (Fsp3) is 0.304. The Morgan fingerprint density at radius 2 is 1.61 bits per heavy atom. The third kappa shape index (κ3) is 6.91. The van der Waals surface area contributed by atoms with Gasteiger partial charge in [0.05, 0.1) is 0 Å². The van der Waals surface area contributed by atoms with E-state index >= 15 is 0 Å². The van der Waals surface area contributed by atoms with Crippen molar-refractivity contribution in [2.75, 3.05) is 0 Å². The highest BCUT2D eigenvalue weighted by atomic mass is 16.6. The molecule has 28 heavy (non-hydrogen) atoms. The van der Waals surface area contributed by atoms with E-state index in [1.54, 1.807) is 20.8 Å². The van der Waals surface area contributed by atoms with Crippen molar-refractivity contribution in [2.24, 2.45) is 0 Å². The topological polar surface area (TPSA) is 75.6 Å². The molecule has 2 N–H and O–H groups in total. The quantitative estimate of drug-likeness (QED) is 0.674. The molecule has 148 valence electrons. The molecule has 5 heteroatoms. The Morgan fingerprint density at radius 1 is 1.04 bits per heavy atom. The second-order valence-electron chi connectivity index (χ2n) is 7.72. The number of carbonyl (C=O) groups is 2. The number of hydrogen-bond acceptors (Lipinski definition) is 3. The number of carboxylic acid groups (broad SMARTS) is 1. The monoisotopic (exact) mass is 381 g/mol. The van der Waals surface area contributed by atoms with E-state index in [2.05, 4.69) is 11.9 Å².